The predicted molar refractivity (Wildman–Crippen MR) is 144 cm³/mol. The third-order valence-electron chi connectivity index (χ3n) is 7.41. The van der Waals surface area contributed by atoms with E-state index >= 15 is 0 Å². The molecular formula is C29H31N5O6. The third-order valence-corrected chi connectivity index (χ3v) is 7.41. The lowest BCUT2D eigenvalue weighted by Crippen LogP contribution is -2.44. The molecule has 2 aliphatic rings. The maximum absolute atomic E-state index is 13.5. The van der Waals surface area contributed by atoms with Crippen molar-refractivity contribution >= 4 is 22.8 Å². The van der Waals surface area contributed by atoms with Gasteiger partial charge >= 0.3 is 0 Å². The summed E-state index contributed by atoms with van der Waals surface area (Å²) in [4.78, 5) is 28.5. The van der Waals surface area contributed by atoms with Crippen molar-refractivity contribution in [1.82, 2.24) is 25.2 Å². The van der Waals surface area contributed by atoms with Gasteiger partial charge in [-0.3, -0.25) is 9.59 Å². The number of fused-ring (bicyclic) bond motifs is 6. The molecule has 1 fully saturated rings. The van der Waals surface area contributed by atoms with Crippen LogP contribution in [0.15, 0.2) is 47.2 Å². The van der Waals surface area contributed by atoms with Crippen LogP contribution in [0.1, 0.15) is 32.7 Å². The summed E-state index contributed by atoms with van der Waals surface area (Å²) >= 11 is 0. The number of aryl methyl sites for hydroxylation is 2. The van der Waals surface area contributed by atoms with Crippen molar-refractivity contribution in [3.63, 3.8) is 0 Å². The van der Waals surface area contributed by atoms with E-state index in [1.807, 2.05) is 19.9 Å². The van der Waals surface area contributed by atoms with Crippen LogP contribution in [0.25, 0.3) is 11.0 Å². The zero-order valence-electron chi connectivity index (χ0n) is 22.7. The zero-order valence-corrected chi connectivity index (χ0v) is 22.7. The number of carbonyl (C=O) groups is 2. The van der Waals surface area contributed by atoms with Crippen LogP contribution < -0.4 is 14.8 Å². The van der Waals surface area contributed by atoms with E-state index in [-0.39, 0.29) is 24.8 Å². The van der Waals surface area contributed by atoms with E-state index in [1.54, 1.807) is 47.4 Å². The van der Waals surface area contributed by atoms with Crippen LogP contribution in [-0.4, -0.2) is 70.7 Å². The fourth-order valence-electron chi connectivity index (χ4n) is 5.45. The molecule has 4 heterocycles. The van der Waals surface area contributed by atoms with Gasteiger partial charge in [0.2, 0.25) is 5.91 Å². The average Bonchev–Trinajstić information content (AvgIpc) is 3.66. The number of nitrogens with zero attached hydrogens (tertiary/aromatic N) is 4. The summed E-state index contributed by atoms with van der Waals surface area (Å²) in [5, 5.41) is 12.4. The van der Waals surface area contributed by atoms with Crippen molar-refractivity contribution in [3.8, 4) is 11.5 Å². The number of carbonyl (C=O) groups excluding carboxylic acids is 2. The highest BCUT2D eigenvalue weighted by atomic mass is 16.5. The van der Waals surface area contributed by atoms with Gasteiger partial charge in [-0.1, -0.05) is 11.3 Å². The second-order valence-electron chi connectivity index (χ2n) is 10.3. The van der Waals surface area contributed by atoms with E-state index in [0.29, 0.717) is 49.0 Å². The Hall–Kier alpha value is -4.38. The Kier molecular flexibility index (Phi) is 6.89. The highest BCUT2D eigenvalue weighted by molar-refractivity contribution is 5.95. The molecule has 0 saturated carbocycles. The number of rotatable bonds is 3. The van der Waals surface area contributed by atoms with Gasteiger partial charge in [-0.2, -0.15) is 0 Å². The third kappa shape index (κ3) is 5.12. The van der Waals surface area contributed by atoms with E-state index in [0.717, 1.165) is 27.7 Å². The van der Waals surface area contributed by atoms with Crippen molar-refractivity contribution in [3.05, 3.63) is 70.7 Å². The molecule has 208 valence electrons. The smallest absolute Gasteiger partial charge is 0.251 e. The minimum absolute atomic E-state index is 0.0616. The number of aromatic nitrogens is 3. The number of methoxy groups -OCH3 is 1. The summed E-state index contributed by atoms with van der Waals surface area (Å²) in [5.74, 6) is 0.634. The van der Waals surface area contributed by atoms with E-state index in [9.17, 15) is 9.59 Å². The average molecular weight is 546 g/mol. The SMILES string of the molecule is COc1ccc2cc1OCCn1cc(nn1)CO[C@H]1CN(C(=O)Cc3coc4cc(C)cc(C)c34)C[C@@H]1NC2=O. The largest absolute Gasteiger partial charge is 0.493 e. The number of hydrogen-bond donors (Lipinski definition) is 1. The number of nitrogens with one attached hydrogen (secondary N) is 1. The monoisotopic (exact) mass is 545 g/mol. The first-order chi connectivity index (χ1) is 19.4. The van der Waals surface area contributed by atoms with Gasteiger partial charge in [0.25, 0.3) is 5.91 Å². The minimum Gasteiger partial charge on any atom is -0.493 e. The molecule has 4 aromatic rings. The molecule has 0 unspecified atom stereocenters. The van der Waals surface area contributed by atoms with Gasteiger partial charge in [0.15, 0.2) is 11.5 Å². The van der Waals surface area contributed by atoms with Gasteiger partial charge in [0, 0.05) is 29.6 Å². The zero-order chi connectivity index (χ0) is 27.8. The van der Waals surface area contributed by atoms with Crippen LogP contribution in [0.4, 0.5) is 0 Å². The highest BCUT2D eigenvalue weighted by Gasteiger charge is 2.37. The molecule has 2 amide bonds. The molecule has 0 aliphatic carbocycles. The molecule has 4 bridgehead atoms. The number of furan rings is 1. The Morgan fingerprint density at radius 3 is 2.92 bits per heavy atom. The van der Waals surface area contributed by atoms with Gasteiger partial charge in [-0.15, -0.1) is 5.10 Å². The lowest BCUT2D eigenvalue weighted by molar-refractivity contribution is -0.130. The van der Waals surface area contributed by atoms with E-state index in [4.69, 9.17) is 18.6 Å². The van der Waals surface area contributed by atoms with Gasteiger partial charge in [0.05, 0.1) is 51.3 Å². The van der Waals surface area contributed by atoms with Crippen LogP contribution in [-0.2, 0) is 29.1 Å². The molecule has 40 heavy (non-hydrogen) atoms. The van der Waals surface area contributed by atoms with E-state index in [2.05, 4.69) is 21.7 Å². The molecule has 0 spiro atoms. The first-order valence-electron chi connectivity index (χ1n) is 13.3. The molecule has 1 N–H and O–H groups in total. The Morgan fingerprint density at radius 1 is 1.20 bits per heavy atom. The van der Waals surface area contributed by atoms with Crippen LogP contribution in [0, 0.1) is 13.8 Å². The van der Waals surface area contributed by atoms with Crippen molar-refractivity contribution in [2.45, 2.75) is 45.6 Å². The first-order valence-corrected chi connectivity index (χ1v) is 13.3. The normalized spacial score (nSPS) is 19.4. The second-order valence-corrected chi connectivity index (χ2v) is 10.3. The van der Waals surface area contributed by atoms with Crippen molar-refractivity contribution in [1.29, 1.82) is 0 Å². The van der Waals surface area contributed by atoms with Crippen LogP contribution in [0.3, 0.4) is 0 Å². The van der Waals surface area contributed by atoms with Crippen molar-refractivity contribution < 1.29 is 28.2 Å². The van der Waals surface area contributed by atoms with E-state index in [1.165, 1.54) is 0 Å². The summed E-state index contributed by atoms with van der Waals surface area (Å²) in [6, 6.07) is 8.68. The quantitative estimate of drug-likeness (QED) is 0.417. The predicted octanol–water partition coefficient (Wildman–Crippen LogP) is 2.81. The second kappa shape index (κ2) is 10.6. The highest BCUT2D eigenvalue weighted by Crippen LogP contribution is 2.30. The number of likely N-dealkylation sites (tertiary alicyclic amines) is 1. The summed E-state index contributed by atoms with van der Waals surface area (Å²) in [7, 11) is 1.55. The lowest BCUT2D eigenvalue weighted by Gasteiger charge is -2.20. The number of amides is 2. The minimum atomic E-state index is -0.428. The molecule has 6 rings (SSSR count). The first kappa shape index (κ1) is 25.9. The topological polar surface area (TPSA) is 121 Å². The Balaban J connectivity index is 1.24. The summed E-state index contributed by atoms with van der Waals surface area (Å²) in [6.45, 7) is 5.67. The molecule has 0 radical (unpaired) electrons. The maximum atomic E-state index is 13.5. The van der Waals surface area contributed by atoms with Gasteiger partial charge in [-0.05, 0) is 49.2 Å². The maximum Gasteiger partial charge on any atom is 0.251 e. The fourth-order valence-corrected chi connectivity index (χ4v) is 5.45. The van der Waals surface area contributed by atoms with Crippen LogP contribution >= 0.6 is 0 Å². The Morgan fingerprint density at radius 2 is 2.08 bits per heavy atom. The van der Waals surface area contributed by atoms with Gasteiger partial charge in [0.1, 0.15) is 17.9 Å². The van der Waals surface area contributed by atoms with E-state index < -0.39 is 12.1 Å². The molecule has 2 aliphatic heterocycles. The molecular weight excluding hydrogens is 514 g/mol. The summed E-state index contributed by atoms with van der Waals surface area (Å²) in [6.07, 6.45) is 3.23. The molecule has 11 heteroatoms. The fraction of sp³-hybridized carbons (Fsp3) is 0.379. The lowest BCUT2D eigenvalue weighted by atomic mass is 10.0. The van der Waals surface area contributed by atoms with Crippen molar-refractivity contribution in [2.24, 2.45) is 0 Å². The molecule has 2 aromatic carbocycles. The number of benzene rings is 2. The molecule has 11 nitrogen and oxygen atoms in total. The summed E-state index contributed by atoms with van der Waals surface area (Å²) in [5.41, 5.74) is 4.88. The van der Waals surface area contributed by atoms with Crippen LogP contribution in [0.5, 0.6) is 11.5 Å². The molecule has 2 atom stereocenters. The standard InChI is InChI=1S/C29H31N5O6/c1-17-8-18(2)28-20(15-39-25(28)9-17)11-27(35)33-13-22-26(14-33)40-16-21-12-34(32-31-21)6-7-38-24-10-19(29(36)30-22)4-5-23(24)37-3/h4-5,8-10,12,15,22,26H,6-7,11,13-14,16H2,1-3H3,(H,30,36)/t22-,26-/m0/s1. The Bertz CT molecular complexity index is 1580. The number of ether oxygens (including phenoxy) is 3. The number of hydrogen-bond acceptors (Lipinski definition) is 8. The molecule has 1 saturated heterocycles. The molecule has 2 aromatic heterocycles. The van der Waals surface area contributed by atoms with Gasteiger partial charge in [-0.25, -0.2) is 4.68 Å². The Labute approximate surface area is 231 Å². The van der Waals surface area contributed by atoms with Crippen molar-refractivity contribution in [2.75, 3.05) is 26.8 Å². The van der Waals surface area contributed by atoms with Gasteiger partial charge < -0.3 is 28.8 Å². The summed E-state index contributed by atoms with van der Waals surface area (Å²) < 4.78 is 25.0. The van der Waals surface area contributed by atoms with Crippen LogP contribution in [0.2, 0.25) is 0 Å².